The Morgan fingerprint density at radius 3 is 2.85 bits per heavy atom. The van der Waals surface area contributed by atoms with E-state index >= 15 is 0 Å². The Kier molecular flexibility index (Phi) is 2.58. The molecule has 2 fully saturated rings. The molecule has 3 unspecified atom stereocenters. The van der Waals surface area contributed by atoms with E-state index in [-0.39, 0.29) is 0 Å². The van der Waals surface area contributed by atoms with Crippen molar-refractivity contribution >= 4 is 0 Å². The predicted octanol–water partition coefficient (Wildman–Crippen LogP) is 0.526. The van der Waals surface area contributed by atoms with Crippen LogP contribution in [0.25, 0.3) is 0 Å². The van der Waals surface area contributed by atoms with Crippen molar-refractivity contribution in [3.05, 3.63) is 0 Å². The number of rotatable bonds is 3. The minimum atomic E-state index is -0.588. The maximum Gasteiger partial charge on any atom is 0.102 e. The predicted molar refractivity (Wildman–Crippen MR) is 50.6 cm³/mol. The van der Waals surface area contributed by atoms with Crippen molar-refractivity contribution in [1.82, 2.24) is 5.32 Å². The summed E-state index contributed by atoms with van der Waals surface area (Å²) in [6.07, 6.45) is 3.37. The summed E-state index contributed by atoms with van der Waals surface area (Å²) in [5, 5.41) is 13.4. The highest BCUT2D eigenvalue weighted by molar-refractivity contribution is 4.90. The molecule has 3 nitrogen and oxygen atoms in total. The maximum atomic E-state index is 9.96. The molecule has 0 bridgehead atoms. The summed E-state index contributed by atoms with van der Waals surface area (Å²) in [6, 6.07) is 0.629. The lowest BCUT2D eigenvalue weighted by Gasteiger charge is -2.36. The summed E-state index contributed by atoms with van der Waals surface area (Å²) in [6.45, 7) is 4.16. The summed E-state index contributed by atoms with van der Waals surface area (Å²) in [5.41, 5.74) is -0.588. The maximum absolute atomic E-state index is 9.96. The van der Waals surface area contributed by atoms with E-state index in [0.717, 1.165) is 12.3 Å². The van der Waals surface area contributed by atoms with Gasteiger partial charge in [-0.15, -0.1) is 0 Å². The standard InChI is InChI=1S/C10H19NO2/c1-8-2-3-9(8)11-6-10(12)4-5-13-7-10/h8-9,11-12H,2-7H2,1H3. The second kappa shape index (κ2) is 3.56. The van der Waals surface area contributed by atoms with Gasteiger partial charge in [0, 0.05) is 25.6 Å². The van der Waals surface area contributed by atoms with Crippen LogP contribution >= 0.6 is 0 Å². The van der Waals surface area contributed by atoms with E-state index in [2.05, 4.69) is 12.2 Å². The molecule has 0 aromatic carbocycles. The first-order valence-electron chi connectivity index (χ1n) is 5.23. The highest BCUT2D eigenvalue weighted by Crippen LogP contribution is 2.27. The highest BCUT2D eigenvalue weighted by atomic mass is 16.5. The minimum Gasteiger partial charge on any atom is -0.386 e. The fourth-order valence-corrected chi connectivity index (χ4v) is 2.03. The molecule has 2 rings (SSSR count). The fourth-order valence-electron chi connectivity index (χ4n) is 2.03. The molecule has 0 spiro atoms. The topological polar surface area (TPSA) is 41.5 Å². The van der Waals surface area contributed by atoms with Crippen LogP contribution in [-0.2, 0) is 4.74 Å². The first-order chi connectivity index (χ1) is 6.20. The monoisotopic (exact) mass is 185 g/mol. The van der Waals surface area contributed by atoms with Gasteiger partial charge in [-0.2, -0.15) is 0 Å². The van der Waals surface area contributed by atoms with Crippen molar-refractivity contribution in [3.8, 4) is 0 Å². The second-order valence-electron chi connectivity index (χ2n) is 4.57. The van der Waals surface area contributed by atoms with Crippen LogP contribution in [0.15, 0.2) is 0 Å². The Hall–Kier alpha value is -0.120. The van der Waals surface area contributed by atoms with E-state index in [9.17, 15) is 5.11 Å². The van der Waals surface area contributed by atoms with Gasteiger partial charge < -0.3 is 15.2 Å². The van der Waals surface area contributed by atoms with E-state index in [1.165, 1.54) is 12.8 Å². The third kappa shape index (κ3) is 2.03. The van der Waals surface area contributed by atoms with Crippen LogP contribution in [0.4, 0.5) is 0 Å². The number of ether oxygens (including phenoxy) is 1. The molecule has 0 amide bonds. The number of nitrogens with one attached hydrogen (secondary N) is 1. The molecule has 3 heteroatoms. The summed E-state index contributed by atoms with van der Waals surface area (Å²) in [5.74, 6) is 0.783. The third-order valence-corrected chi connectivity index (χ3v) is 3.40. The van der Waals surface area contributed by atoms with Crippen molar-refractivity contribution in [2.75, 3.05) is 19.8 Å². The van der Waals surface area contributed by atoms with Gasteiger partial charge in [-0.25, -0.2) is 0 Å². The Morgan fingerprint density at radius 2 is 2.38 bits per heavy atom. The largest absolute Gasteiger partial charge is 0.386 e. The molecule has 13 heavy (non-hydrogen) atoms. The van der Waals surface area contributed by atoms with Crippen LogP contribution in [0, 0.1) is 5.92 Å². The molecule has 0 aromatic heterocycles. The zero-order valence-corrected chi connectivity index (χ0v) is 8.25. The molecular formula is C10H19NO2. The summed E-state index contributed by atoms with van der Waals surface area (Å²) >= 11 is 0. The van der Waals surface area contributed by atoms with Gasteiger partial charge in [0.15, 0.2) is 0 Å². The molecule has 2 N–H and O–H groups in total. The Balaban J connectivity index is 1.72. The average Bonchev–Trinajstić information content (AvgIpc) is 2.50. The van der Waals surface area contributed by atoms with Gasteiger partial charge in [0.1, 0.15) is 5.60 Å². The molecule has 1 saturated heterocycles. The van der Waals surface area contributed by atoms with E-state index in [1.807, 2.05) is 0 Å². The van der Waals surface area contributed by atoms with Gasteiger partial charge in [-0.1, -0.05) is 6.92 Å². The van der Waals surface area contributed by atoms with Crippen molar-refractivity contribution in [3.63, 3.8) is 0 Å². The first-order valence-corrected chi connectivity index (χ1v) is 5.23. The SMILES string of the molecule is CC1CCC1NCC1(O)CCOC1. The van der Waals surface area contributed by atoms with E-state index in [1.54, 1.807) is 0 Å². The molecular weight excluding hydrogens is 166 g/mol. The average molecular weight is 185 g/mol. The Bertz CT molecular complexity index is 178. The normalized spacial score (nSPS) is 44.8. The summed E-state index contributed by atoms with van der Waals surface area (Å²) in [7, 11) is 0. The molecule has 76 valence electrons. The summed E-state index contributed by atoms with van der Waals surface area (Å²) in [4.78, 5) is 0. The lowest BCUT2D eigenvalue weighted by atomic mass is 9.81. The molecule has 1 heterocycles. The van der Waals surface area contributed by atoms with Gasteiger partial charge in [-0.3, -0.25) is 0 Å². The van der Waals surface area contributed by atoms with Crippen LogP contribution in [0.2, 0.25) is 0 Å². The van der Waals surface area contributed by atoms with Gasteiger partial charge >= 0.3 is 0 Å². The van der Waals surface area contributed by atoms with Crippen LogP contribution in [0.1, 0.15) is 26.2 Å². The molecule has 3 atom stereocenters. The van der Waals surface area contributed by atoms with Gasteiger partial charge in [-0.05, 0) is 18.8 Å². The minimum absolute atomic E-state index is 0.501. The van der Waals surface area contributed by atoms with Crippen LogP contribution in [0.3, 0.4) is 0 Å². The van der Waals surface area contributed by atoms with Gasteiger partial charge in [0.2, 0.25) is 0 Å². The molecule has 1 saturated carbocycles. The number of hydrogen-bond donors (Lipinski definition) is 2. The lowest BCUT2D eigenvalue weighted by molar-refractivity contribution is 0.0193. The number of aliphatic hydroxyl groups is 1. The van der Waals surface area contributed by atoms with E-state index < -0.39 is 5.60 Å². The van der Waals surface area contributed by atoms with Crippen molar-refractivity contribution in [2.24, 2.45) is 5.92 Å². The summed E-state index contributed by atoms with van der Waals surface area (Å²) < 4.78 is 5.18. The van der Waals surface area contributed by atoms with Crippen molar-refractivity contribution < 1.29 is 9.84 Å². The lowest BCUT2D eigenvalue weighted by Crippen LogP contribution is -2.50. The van der Waals surface area contributed by atoms with Gasteiger partial charge in [0.05, 0.1) is 6.61 Å². The number of hydrogen-bond acceptors (Lipinski definition) is 3. The fraction of sp³-hybridized carbons (Fsp3) is 1.00. The first kappa shape index (κ1) is 9.44. The van der Waals surface area contributed by atoms with Crippen molar-refractivity contribution in [2.45, 2.75) is 37.8 Å². The van der Waals surface area contributed by atoms with Crippen LogP contribution in [0.5, 0.6) is 0 Å². The van der Waals surface area contributed by atoms with Crippen molar-refractivity contribution in [1.29, 1.82) is 0 Å². The molecule has 0 aromatic rings. The third-order valence-electron chi connectivity index (χ3n) is 3.40. The van der Waals surface area contributed by atoms with Gasteiger partial charge in [0.25, 0.3) is 0 Å². The van der Waals surface area contributed by atoms with Crippen LogP contribution in [-0.4, -0.2) is 36.5 Å². The smallest absolute Gasteiger partial charge is 0.102 e. The van der Waals surface area contributed by atoms with Crippen LogP contribution < -0.4 is 5.32 Å². The molecule has 1 aliphatic heterocycles. The highest BCUT2D eigenvalue weighted by Gasteiger charge is 2.34. The van der Waals surface area contributed by atoms with E-state index in [4.69, 9.17) is 4.74 Å². The second-order valence-corrected chi connectivity index (χ2v) is 4.57. The Morgan fingerprint density at radius 1 is 1.54 bits per heavy atom. The Labute approximate surface area is 79.5 Å². The van der Waals surface area contributed by atoms with E-state index in [0.29, 0.717) is 25.8 Å². The molecule has 1 aliphatic carbocycles. The zero-order chi connectivity index (χ0) is 9.31. The quantitative estimate of drug-likeness (QED) is 0.674. The zero-order valence-electron chi connectivity index (χ0n) is 8.25. The molecule has 2 aliphatic rings. The molecule has 0 radical (unpaired) electrons.